The van der Waals surface area contributed by atoms with E-state index in [1.165, 1.54) is 29.2 Å². The topological polar surface area (TPSA) is 29.1 Å². The standard InChI is InChI=1S/C19H23NO/c21-18(11-10-15-5-4-12-20-14-15)13-17-8-3-7-16-6-1-2-9-19(16)17/h1-3,6-9,15,20H,4-5,10-14H2. The number of hydrogen-bond acceptors (Lipinski definition) is 2. The van der Waals surface area contributed by atoms with Crippen LogP contribution in [-0.4, -0.2) is 18.9 Å². The zero-order valence-corrected chi connectivity index (χ0v) is 12.5. The van der Waals surface area contributed by atoms with Crippen molar-refractivity contribution in [1.82, 2.24) is 5.32 Å². The van der Waals surface area contributed by atoms with Gasteiger partial charge in [0, 0.05) is 12.8 Å². The normalized spacial score (nSPS) is 18.8. The molecule has 1 heterocycles. The second-order valence-corrected chi connectivity index (χ2v) is 6.10. The summed E-state index contributed by atoms with van der Waals surface area (Å²) in [6.45, 7) is 2.22. The molecule has 3 rings (SSSR count). The van der Waals surface area contributed by atoms with Crippen LogP contribution in [0.15, 0.2) is 42.5 Å². The van der Waals surface area contributed by atoms with Crippen molar-refractivity contribution in [2.75, 3.05) is 13.1 Å². The van der Waals surface area contributed by atoms with Gasteiger partial charge in [-0.15, -0.1) is 0 Å². The zero-order chi connectivity index (χ0) is 14.5. The summed E-state index contributed by atoms with van der Waals surface area (Å²) in [4.78, 5) is 12.3. The third-order valence-electron chi connectivity index (χ3n) is 4.50. The number of benzene rings is 2. The fraction of sp³-hybridized carbons (Fsp3) is 0.421. The number of hydrogen-bond donors (Lipinski definition) is 1. The molecule has 110 valence electrons. The maximum atomic E-state index is 12.3. The first kappa shape index (κ1) is 14.3. The van der Waals surface area contributed by atoms with Crippen molar-refractivity contribution < 1.29 is 4.79 Å². The Morgan fingerprint density at radius 2 is 2.00 bits per heavy atom. The van der Waals surface area contributed by atoms with E-state index >= 15 is 0 Å². The predicted octanol–water partition coefficient (Wildman–Crippen LogP) is 3.73. The maximum Gasteiger partial charge on any atom is 0.137 e. The van der Waals surface area contributed by atoms with Crippen LogP contribution in [0, 0.1) is 5.92 Å². The van der Waals surface area contributed by atoms with Gasteiger partial charge in [-0.05, 0) is 54.6 Å². The lowest BCUT2D eigenvalue weighted by Crippen LogP contribution is -2.30. The van der Waals surface area contributed by atoms with Gasteiger partial charge < -0.3 is 5.32 Å². The number of Topliss-reactive ketones (excluding diaryl/α,β-unsaturated/α-hetero) is 1. The summed E-state index contributed by atoms with van der Waals surface area (Å²) in [5.74, 6) is 1.06. The third kappa shape index (κ3) is 3.70. The van der Waals surface area contributed by atoms with Crippen LogP contribution in [0.3, 0.4) is 0 Å². The Morgan fingerprint density at radius 3 is 2.86 bits per heavy atom. The largest absolute Gasteiger partial charge is 0.316 e. The number of nitrogens with one attached hydrogen (secondary N) is 1. The first-order chi connectivity index (χ1) is 10.3. The molecule has 0 aliphatic carbocycles. The van der Waals surface area contributed by atoms with Crippen molar-refractivity contribution in [2.45, 2.75) is 32.1 Å². The van der Waals surface area contributed by atoms with Gasteiger partial charge in [0.2, 0.25) is 0 Å². The molecule has 1 saturated heterocycles. The summed E-state index contributed by atoms with van der Waals surface area (Å²) in [5, 5.41) is 5.86. The molecule has 1 aliphatic rings. The molecule has 2 aromatic rings. The van der Waals surface area contributed by atoms with Gasteiger partial charge >= 0.3 is 0 Å². The highest BCUT2D eigenvalue weighted by Gasteiger charge is 2.15. The fourth-order valence-electron chi connectivity index (χ4n) is 3.28. The number of carbonyl (C=O) groups is 1. The fourth-order valence-corrected chi connectivity index (χ4v) is 3.28. The number of ketones is 1. The third-order valence-corrected chi connectivity index (χ3v) is 4.50. The van der Waals surface area contributed by atoms with Gasteiger partial charge in [0.05, 0.1) is 0 Å². The lowest BCUT2D eigenvalue weighted by Gasteiger charge is -2.22. The van der Waals surface area contributed by atoms with Crippen LogP contribution >= 0.6 is 0 Å². The molecule has 2 heteroatoms. The Bertz CT molecular complexity index is 608. The molecule has 1 N–H and O–H groups in total. The average Bonchev–Trinajstić information content (AvgIpc) is 2.54. The number of rotatable bonds is 5. The molecule has 1 aliphatic heterocycles. The minimum Gasteiger partial charge on any atom is -0.316 e. The van der Waals surface area contributed by atoms with Gasteiger partial charge in [0.15, 0.2) is 0 Å². The first-order valence-corrected chi connectivity index (χ1v) is 8.02. The van der Waals surface area contributed by atoms with Crippen molar-refractivity contribution in [3.63, 3.8) is 0 Å². The van der Waals surface area contributed by atoms with E-state index in [9.17, 15) is 4.79 Å². The van der Waals surface area contributed by atoms with E-state index in [2.05, 4.69) is 35.6 Å². The Hall–Kier alpha value is -1.67. The minimum absolute atomic E-state index is 0.372. The van der Waals surface area contributed by atoms with E-state index in [1.807, 2.05) is 12.1 Å². The molecule has 0 amide bonds. The van der Waals surface area contributed by atoms with Crippen LogP contribution in [-0.2, 0) is 11.2 Å². The van der Waals surface area contributed by atoms with Crippen molar-refractivity contribution in [1.29, 1.82) is 0 Å². The van der Waals surface area contributed by atoms with Crippen LogP contribution in [0.2, 0.25) is 0 Å². The van der Waals surface area contributed by atoms with Crippen LogP contribution in [0.25, 0.3) is 10.8 Å². The molecule has 0 spiro atoms. The Kier molecular flexibility index (Phi) is 4.66. The van der Waals surface area contributed by atoms with Crippen LogP contribution in [0.5, 0.6) is 0 Å². The highest BCUT2D eigenvalue weighted by atomic mass is 16.1. The highest BCUT2D eigenvalue weighted by Crippen LogP contribution is 2.21. The molecule has 0 radical (unpaired) electrons. The Balaban J connectivity index is 1.61. The Morgan fingerprint density at radius 1 is 1.14 bits per heavy atom. The van der Waals surface area contributed by atoms with Gasteiger partial charge in [-0.3, -0.25) is 4.79 Å². The van der Waals surface area contributed by atoms with E-state index in [-0.39, 0.29) is 0 Å². The zero-order valence-electron chi connectivity index (χ0n) is 12.5. The monoisotopic (exact) mass is 281 g/mol. The van der Waals surface area contributed by atoms with E-state index in [0.717, 1.165) is 25.9 Å². The average molecular weight is 281 g/mol. The van der Waals surface area contributed by atoms with Crippen molar-refractivity contribution >= 4 is 16.6 Å². The smallest absolute Gasteiger partial charge is 0.137 e. The van der Waals surface area contributed by atoms with Crippen molar-refractivity contribution in [3.05, 3.63) is 48.0 Å². The molecular formula is C19H23NO. The summed E-state index contributed by atoms with van der Waals surface area (Å²) in [6.07, 6.45) is 4.85. The molecule has 2 nitrogen and oxygen atoms in total. The van der Waals surface area contributed by atoms with E-state index in [4.69, 9.17) is 0 Å². The summed E-state index contributed by atoms with van der Waals surface area (Å²) in [6, 6.07) is 14.6. The van der Waals surface area contributed by atoms with Crippen molar-refractivity contribution in [2.24, 2.45) is 5.92 Å². The Labute approximate surface area is 126 Å². The maximum absolute atomic E-state index is 12.3. The SMILES string of the molecule is O=C(CCC1CCCNC1)Cc1cccc2ccccc12. The van der Waals surface area contributed by atoms with E-state index < -0.39 is 0 Å². The van der Waals surface area contributed by atoms with Crippen LogP contribution in [0.4, 0.5) is 0 Å². The summed E-state index contributed by atoms with van der Waals surface area (Å²) in [5.41, 5.74) is 1.17. The molecule has 1 atom stereocenters. The molecule has 1 fully saturated rings. The van der Waals surface area contributed by atoms with E-state index in [1.54, 1.807) is 0 Å². The van der Waals surface area contributed by atoms with Gasteiger partial charge in [0.1, 0.15) is 5.78 Å². The lowest BCUT2D eigenvalue weighted by molar-refractivity contribution is -0.118. The highest BCUT2D eigenvalue weighted by molar-refractivity contribution is 5.90. The molecule has 0 aromatic heterocycles. The predicted molar refractivity (Wildman–Crippen MR) is 87.5 cm³/mol. The van der Waals surface area contributed by atoms with Gasteiger partial charge in [-0.25, -0.2) is 0 Å². The van der Waals surface area contributed by atoms with Gasteiger partial charge in [-0.1, -0.05) is 42.5 Å². The summed E-state index contributed by atoms with van der Waals surface area (Å²) < 4.78 is 0. The molecule has 2 aromatic carbocycles. The number of piperidine rings is 1. The van der Waals surface area contributed by atoms with Crippen LogP contribution < -0.4 is 5.32 Å². The van der Waals surface area contributed by atoms with Gasteiger partial charge in [-0.2, -0.15) is 0 Å². The quantitative estimate of drug-likeness (QED) is 0.904. The molecular weight excluding hydrogens is 258 g/mol. The first-order valence-electron chi connectivity index (χ1n) is 8.02. The summed E-state index contributed by atoms with van der Waals surface area (Å²) in [7, 11) is 0. The summed E-state index contributed by atoms with van der Waals surface area (Å²) >= 11 is 0. The van der Waals surface area contributed by atoms with Crippen LogP contribution in [0.1, 0.15) is 31.2 Å². The minimum atomic E-state index is 0.372. The second-order valence-electron chi connectivity index (χ2n) is 6.10. The van der Waals surface area contributed by atoms with E-state index in [0.29, 0.717) is 18.1 Å². The second kappa shape index (κ2) is 6.86. The molecule has 1 unspecified atom stereocenters. The van der Waals surface area contributed by atoms with Crippen molar-refractivity contribution in [3.8, 4) is 0 Å². The molecule has 21 heavy (non-hydrogen) atoms. The molecule has 0 saturated carbocycles. The lowest BCUT2D eigenvalue weighted by atomic mass is 9.92. The van der Waals surface area contributed by atoms with Gasteiger partial charge in [0.25, 0.3) is 0 Å². The number of carbonyl (C=O) groups excluding carboxylic acids is 1. The number of fused-ring (bicyclic) bond motifs is 1. The molecule has 0 bridgehead atoms.